The zero-order valence-electron chi connectivity index (χ0n) is 9.53. The van der Waals surface area contributed by atoms with Crippen molar-refractivity contribution in [2.75, 3.05) is 0 Å². The molecule has 8 heteroatoms. The van der Waals surface area contributed by atoms with Crippen molar-refractivity contribution in [1.29, 1.82) is 0 Å². The van der Waals surface area contributed by atoms with Crippen molar-refractivity contribution in [1.82, 2.24) is 14.1 Å². The van der Waals surface area contributed by atoms with Gasteiger partial charge in [0.25, 0.3) is 5.56 Å². The first-order chi connectivity index (χ1) is 8.99. The Kier molecular flexibility index (Phi) is 3.41. The van der Waals surface area contributed by atoms with E-state index in [-0.39, 0.29) is 17.9 Å². The van der Waals surface area contributed by atoms with Crippen LogP contribution >= 0.6 is 0 Å². The van der Waals surface area contributed by atoms with E-state index in [1.165, 1.54) is 6.20 Å². The van der Waals surface area contributed by atoms with Gasteiger partial charge in [-0.1, -0.05) is 0 Å². The fraction of sp³-hybridized carbons (Fsp3) is 0.182. The molecule has 0 radical (unpaired) electrons. The van der Waals surface area contributed by atoms with Crippen molar-refractivity contribution in [3.8, 4) is 0 Å². The molecule has 2 aromatic rings. The van der Waals surface area contributed by atoms with E-state index < -0.39 is 18.1 Å². The highest BCUT2D eigenvalue weighted by Gasteiger charge is 2.13. The molecule has 0 aliphatic rings. The molecule has 2 aromatic heterocycles. The van der Waals surface area contributed by atoms with Gasteiger partial charge < -0.3 is 9.67 Å². The van der Waals surface area contributed by atoms with Crippen LogP contribution in [0.4, 0.5) is 8.78 Å². The first kappa shape index (κ1) is 12.9. The zero-order chi connectivity index (χ0) is 14.0. The second-order valence-corrected chi connectivity index (χ2v) is 3.72. The molecular weight excluding hydrogens is 260 g/mol. The number of carboxylic acid groups (broad SMARTS) is 1. The topological polar surface area (TPSA) is 77.1 Å². The molecular formula is C11H9F2N3O3. The van der Waals surface area contributed by atoms with Crippen molar-refractivity contribution in [2.24, 2.45) is 0 Å². The van der Waals surface area contributed by atoms with Crippen LogP contribution in [0, 0.1) is 0 Å². The van der Waals surface area contributed by atoms with Gasteiger partial charge in [-0.05, 0) is 6.07 Å². The van der Waals surface area contributed by atoms with E-state index >= 15 is 0 Å². The van der Waals surface area contributed by atoms with Crippen LogP contribution in [-0.4, -0.2) is 25.2 Å². The van der Waals surface area contributed by atoms with E-state index in [0.29, 0.717) is 4.57 Å². The summed E-state index contributed by atoms with van der Waals surface area (Å²) in [4.78, 5) is 26.1. The molecule has 0 bridgehead atoms. The summed E-state index contributed by atoms with van der Waals surface area (Å²) in [5.41, 5.74) is -0.594. The summed E-state index contributed by atoms with van der Waals surface area (Å²) >= 11 is 0. The maximum absolute atomic E-state index is 12.6. The van der Waals surface area contributed by atoms with Crippen molar-refractivity contribution in [3.63, 3.8) is 0 Å². The molecule has 0 fully saturated rings. The van der Waals surface area contributed by atoms with Crippen molar-refractivity contribution >= 4 is 5.97 Å². The normalized spacial score (nSPS) is 10.9. The number of halogens is 2. The van der Waals surface area contributed by atoms with Gasteiger partial charge in [0.05, 0.1) is 12.1 Å². The molecule has 100 valence electrons. The number of carboxylic acids is 1. The predicted octanol–water partition coefficient (Wildman–Crippen LogP) is 1.19. The van der Waals surface area contributed by atoms with Gasteiger partial charge in [0.15, 0.2) is 0 Å². The molecule has 2 rings (SSSR count). The summed E-state index contributed by atoms with van der Waals surface area (Å²) in [5.74, 6) is -1.23. The molecule has 2 heterocycles. The smallest absolute Gasteiger partial charge is 0.337 e. The minimum Gasteiger partial charge on any atom is -0.478 e. The Labute approximate surface area is 105 Å². The number of rotatable bonds is 4. The quantitative estimate of drug-likeness (QED) is 0.904. The fourth-order valence-electron chi connectivity index (χ4n) is 1.58. The Morgan fingerprint density at radius 2 is 2.16 bits per heavy atom. The van der Waals surface area contributed by atoms with Crippen LogP contribution in [0.15, 0.2) is 35.5 Å². The van der Waals surface area contributed by atoms with Crippen molar-refractivity contribution in [3.05, 3.63) is 52.5 Å². The molecule has 19 heavy (non-hydrogen) atoms. The average molecular weight is 269 g/mol. The van der Waals surface area contributed by atoms with Gasteiger partial charge in [-0.3, -0.25) is 9.36 Å². The Bertz CT molecular complexity index is 663. The molecule has 0 spiro atoms. The van der Waals surface area contributed by atoms with Gasteiger partial charge in [-0.15, -0.1) is 0 Å². The number of hydrogen-bond donors (Lipinski definition) is 1. The monoisotopic (exact) mass is 269 g/mol. The van der Waals surface area contributed by atoms with Crippen LogP contribution in [0.25, 0.3) is 0 Å². The van der Waals surface area contributed by atoms with Gasteiger partial charge >= 0.3 is 12.5 Å². The lowest BCUT2D eigenvalue weighted by atomic mass is 10.3. The SMILES string of the molecule is O=C(O)c1ccc(=O)n(Cc2nccn2C(F)F)c1. The Balaban J connectivity index is 2.38. The molecule has 0 saturated carbocycles. The standard InChI is InChI=1S/C11H9F2N3O3/c12-11(13)16-4-3-14-8(16)6-15-5-7(10(18)19)1-2-9(15)17/h1-5,11H,6H2,(H,18,19). The number of hydrogen-bond acceptors (Lipinski definition) is 3. The highest BCUT2D eigenvalue weighted by molar-refractivity contribution is 5.87. The number of alkyl halides is 2. The minimum absolute atomic E-state index is 0.0281. The molecule has 0 unspecified atom stereocenters. The van der Waals surface area contributed by atoms with E-state index in [9.17, 15) is 18.4 Å². The fourth-order valence-corrected chi connectivity index (χ4v) is 1.58. The molecule has 0 saturated heterocycles. The van der Waals surface area contributed by atoms with Crippen LogP contribution in [0.5, 0.6) is 0 Å². The number of pyridine rings is 1. The van der Waals surface area contributed by atoms with Gasteiger partial charge in [-0.2, -0.15) is 8.78 Å². The molecule has 0 aromatic carbocycles. The van der Waals surface area contributed by atoms with E-state index in [2.05, 4.69) is 4.98 Å². The van der Waals surface area contributed by atoms with Gasteiger partial charge in [0, 0.05) is 24.7 Å². The largest absolute Gasteiger partial charge is 0.478 e. The highest BCUT2D eigenvalue weighted by atomic mass is 19.3. The van der Waals surface area contributed by atoms with Gasteiger partial charge in [-0.25, -0.2) is 9.78 Å². The van der Waals surface area contributed by atoms with Crippen LogP contribution in [0.1, 0.15) is 22.7 Å². The van der Waals surface area contributed by atoms with Crippen LogP contribution in [0.2, 0.25) is 0 Å². The van der Waals surface area contributed by atoms with Crippen LogP contribution in [-0.2, 0) is 6.54 Å². The summed E-state index contributed by atoms with van der Waals surface area (Å²) in [6, 6.07) is 2.22. The van der Waals surface area contributed by atoms with E-state index in [1.807, 2.05) is 0 Å². The Morgan fingerprint density at radius 1 is 1.42 bits per heavy atom. The lowest BCUT2D eigenvalue weighted by Crippen LogP contribution is -2.22. The third kappa shape index (κ3) is 2.67. The van der Waals surface area contributed by atoms with Gasteiger partial charge in [0.1, 0.15) is 5.82 Å². The second kappa shape index (κ2) is 5.01. The summed E-state index contributed by atoms with van der Waals surface area (Å²) in [6.07, 6.45) is 3.37. The maximum atomic E-state index is 12.6. The summed E-state index contributed by atoms with van der Waals surface area (Å²) in [6.45, 7) is -2.99. The third-order valence-corrected chi connectivity index (χ3v) is 2.50. The highest BCUT2D eigenvalue weighted by Crippen LogP contribution is 2.12. The molecule has 0 atom stereocenters. The van der Waals surface area contributed by atoms with E-state index in [4.69, 9.17) is 5.11 Å². The molecule has 1 N–H and O–H groups in total. The summed E-state index contributed by atoms with van der Waals surface area (Å²) in [5, 5.41) is 8.81. The van der Waals surface area contributed by atoms with Crippen LogP contribution < -0.4 is 5.56 Å². The first-order valence-corrected chi connectivity index (χ1v) is 5.22. The van der Waals surface area contributed by atoms with Gasteiger partial charge in [0.2, 0.25) is 0 Å². The molecule has 0 aliphatic heterocycles. The summed E-state index contributed by atoms with van der Waals surface area (Å²) in [7, 11) is 0. The molecule has 0 amide bonds. The lowest BCUT2D eigenvalue weighted by Gasteiger charge is -2.08. The second-order valence-electron chi connectivity index (χ2n) is 3.72. The van der Waals surface area contributed by atoms with Crippen molar-refractivity contribution in [2.45, 2.75) is 13.1 Å². The third-order valence-electron chi connectivity index (χ3n) is 2.50. The number of imidazole rings is 1. The summed E-state index contributed by atoms with van der Waals surface area (Å²) < 4.78 is 26.9. The van der Waals surface area contributed by atoms with E-state index in [0.717, 1.165) is 29.1 Å². The average Bonchev–Trinajstić information content (AvgIpc) is 2.80. The number of carbonyl (C=O) groups is 1. The maximum Gasteiger partial charge on any atom is 0.337 e. The number of aromatic carboxylic acids is 1. The number of nitrogens with zero attached hydrogens (tertiary/aromatic N) is 3. The minimum atomic E-state index is -2.77. The van der Waals surface area contributed by atoms with E-state index in [1.54, 1.807) is 0 Å². The zero-order valence-corrected chi connectivity index (χ0v) is 9.53. The number of aromatic nitrogens is 3. The molecule has 0 aliphatic carbocycles. The Morgan fingerprint density at radius 3 is 2.79 bits per heavy atom. The predicted molar refractivity (Wildman–Crippen MR) is 60.2 cm³/mol. The Hall–Kier alpha value is -2.51. The van der Waals surface area contributed by atoms with Crippen molar-refractivity contribution < 1.29 is 18.7 Å². The first-order valence-electron chi connectivity index (χ1n) is 5.22. The molecule has 6 nitrogen and oxygen atoms in total. The van der Waals surface area contributed by atoms with Crippen LogP contribution in [0.3, 0.4) is 0 Å². The lowest BCUT2D eigenvalue weighted by molar-refractivity contribution is 0.0662.